The SMILES string of the molecule is Nc1ccc(O)cc1.Sc1ccccc1. The first-order valence-corrected chi connectivity index (χ1v) is 4.92. The van der Waals surface area contributed by atoms with Crippen LogP contribution in [0.4, 0.5) is 5.69 Å². The molecular formula is C12H13NOS. The molecule has 0 atom stereocenters. The van der Waals surface area contributed by atoms with E-state index < -0.39 is 0 Å². The molecule has 2 rings (SSSR count). The number of hydrogen-bond acceptors (Lipinski definition) is 3. The van der Waals surface area contributed by atoms with E-state index >= 15 is 0 Å². The number of nitrogen functional groups attached to an aromatic ring is 1. The lowest BCUT2D eigenvalue weighted by Gasteiger charge is -1.89. The number of phenolic OH excluding ortho intramolecular Hbond substituents is 1. The lowest BCUT2D eigenvalue weighted by Crippen LogP contribution is -1.80. The second kappa shape index (κ2) is 5.98. The van der Waals surface area contributed by atoms with Gasteiger partial charge in [0.1, 0.15) is 5.75 Å². The van der Waals surface area contributed by atoms with E-state index in [0.29, 0.717) is 5.69 Å². The summed E-state index contributed by atoms with van der Waals surface area (Å²) in [5, 5.41) is 8.70. The van der Waals surface area contributed by atoms with Crippen LogP contribution in [0.2, 0.25) is 0 Å². The van der Waals surface area contributed by atoms with Gasteiger partial charge in [-0.2, -0.15) is 0 Å². The van der Waals surface area contributed by atoms with E-state index in [9.17, 15) is 0 Å². The number of anilines is 1. The minimum Gasteiger partial charge on any atom is -0.508 e. The fourth-order valence-electron chi connectivity index (χ4n) is 0.902. The Morgan fingerprint density at radius 2 is 1.40 bits per heavy atom. The molecule has 15 heavy (non-hydrogen) atoms. The molecule has 3 heteroatoms. The summed E-state index contributed by atoms with van der Waals surface area (Å²) in [5.41, 5.74) is 5.98. The first-order valence-electron chi connectivity index (χ1n) is 4.47. The quantitative estimate of drug-likeness (QED) is 0.362. The minimum atomic E-state index is 0.249. The summed E-state index contributed by atoms with van der Waals surface area (Å²) < 4.78 is 0. The van der Waals surface area contributed by atoms with Crippen molar-refractivity contribution in [2.45, 2.75) is 4.90 Å². The summed E-state index contributed by atoms with van der Waals surface area (Å²) >= 11 is 4.08. The second-order valence-corrected chi connectivity index (χ2v) is 3.44. The number of benzene rings is 2. The fourth-order valence-corrected chi connectivity index (χ4v) is 1.07. The van der Waals surface area contributed by atoms with Crippen LogP contribution >= 0.6 is 12.6 Å². The Morgan fingerprint density at radius 3 is 1.73 bits per heavy atom. The van der Waals surface area contributed by atoms with E-state index in [0.717, 1.165) is 4.90 Å². The van der Waals surface area contributed by atoms with Crippen molar-refractivity contribution >= 4 is 18.3 Å². The van der Waals surface area contributed by atoms with Gasteiger partial charge < -0.3 is 10.8 Å². The van der Waals surface area contributed by atoms with Crippen LogP contribution in [-0.2, 0) is 0 Å². The lowest BCUT2D eigenvalue weighted by molar-refractivity contribution is 0.475. The highest BCUT2D eigenvalue weighted by atomic mass is 32.1. The van der Waals surface area contributed by atoms with Crippen LogP contribution < -0.4 is 5.73 Å². The van der Waals surface area contributed by atoms with Crippen LogP contribution in [0.15, 0.2) is 59.5 Å². The molecule has 0 aliphatic carbocycles. The Bertz CT molecular complexity index is 365. The van der Waals surface area contributed by atoms with E-state index in [1.807, 2.05) is 30.3 Å². The molecule has 78 valence electrons. The molecule has 0 amide bonds. The van der Waals surface area contributed by atoms with Gasteiger partial charge in [-0.3, -0.25) is 0 Å². The molecule has 0 aliphatic rings. The molecule has 0 heterocycles. The van der Waals surface area contributed by atoms with Gasteiger partial charge in [-0.15, -0.1) is 12.6 Å². The molecule has 0 saturated carbocycles. The van der Waals surface area contributed by atoms with Crippen LogP contribution in [0.5, 0.6) is 5.75 Å². The Labute approximate surface area is 94.8 Å². The monoisotopic (exact) mass is 219 g/mol. The fraction of sp³-hybridized carbons (Fsp3) is 0. The normalized spacial score (nSPS) is 8.87. The number of thiol groups is 1. The molecule has 3 N–H and O–H groups in total. The van der Waals surface area contributed by atoms with Crippen molar-refractivity contribution in [2.75, 3.05) is 5.73 Å². The number of hydrogen-bond donors (Lipinski definition) is 3. The van der Waals surface area contributed by atoms with Crippen molar-refractivity contribution in [1.82, 2.24) is 0 Å². The summed E-state index contributed by atoms with van der Waals surface area (Å²) in [6, 6.07) is 16.2. The van der Waals surface area contributed by atoms with Crippen LogP contribution in [-0.4, -0.2) is 5.11 Å². The topological polar surface area (TPSA) is 46.2 Å². The van der Waals surface area contributed by atoms with Gasteiger partial charge in [0.15, 0.2) is 0 Å². The highest BCUT2D eigenvalue weighted by molar-refractivity contribution is 7.80. The van der Waals surface area contributed by atoms with Crippen LogP contribution in [0.25, 0.3) is 0 Å². The van der Waals surface area contributed by atoms with Crippen LogP contribution in [0.1, 0.15) is 0 Å². The summed E-state index contributed by atoms with van der Waals surface area (Å²) in [6.45, 7) is 0. The Hall–Kier alpha value is -1.61. The third-order valence-corrected chi connectivity index (χ3v) is 1.95. The van der Waals surface area contributed by atoms with Crippen molar-refractivity contribution in [2.24, 2.45) is 0 Å². The largest absolute Gasteiger partial charge is 0.508 e. The molecule has 0 aromatic heterocycles. The summed E-state index contributed by atoms with van der Waals surface area (Å²) in [4.78, 5) is 1.02. The van der Waals surface area contributed by atoms with Crippen molar-refractivity contribution in [3.8, 4) is 5.75 Å². The first kappa shape index (κ1) is 11.5. The van der Waals surface area contributed by atoms with Gasteiger partial charge in [0.25, 0.3) is 0 Å². The third kappa shape index (κ3) is 4.98. The molecule has 0 radical (unpaired) electrons. The molecule has 2 aromatic rings. The maximum atomic E-state index is 8.70. The van der Waals surface area contributed by atoms with E-state index in [4.69, 9.17) is 10.8 Å². The molecular weight excluding hydrogens is 206 g/mol. The molecule has 0 fully saturated rings. The predicted molar refractivity (Wildman–Crippen MR) is 66.2 cm³/mol. The van der Waals surface area contributed by atoms with Crippen molar-refractivity contribution < 1.29 is 5.11 Å². The van der Waals surface area contributed by atoms with Gasteiger partial charge in [-0.1, -0.05) is 18.2 Å². The van der Waals surface area contributed by atoms with E-state index in [-0.39, 0.29) is 5.75 Å². The molecule has 0 saturated heterocycles. The van der Waals surface area contributed by atoms with E-state index in [1.54, 1.807) is 24.3 Å². The third-order valence-electron chi connectivity index (χ3n) is 1.65. The van der Waals surface area contributed by atoms with Gasteiger partial charge in [0.2, 0.25) is 0 Å². The zero-order chi connectivity index (χ0) is 11.1. The molecule has 0 bridgehead atoms. The number of aromatic hydroxyl groups is 1. The van der Waals surface area contributed by atoms with Gasteiger partial charge >= 0.3 is 0 Å². The zero-order valence-electron chi connectivity index (χ0n) is 8.17. The highest BCUT2D eigenvalue weighted by Gasteiger charge is 1.82. The van der Waals surface area contributed by atoms with Crippen LogP contribution in [0, 0.1) is 0 Å². The van der Waals surface area contributed by atoms with Gasteiger partial charge in [0.05, 0.1) is 0 Å². The lowest BCUT2D eigenvalue weighted by atomic mass is 10.3. The van der Waals surface area contributed by atoms with E-state index in [2.05, 4.69) is 12.6 Å². The van der Waals surface area contributed by atoms with Gasteiger partial charge in [0, 0.05) is 10.6 Å². The standard InChI is InChI=1S/C6H7NO.C6H6S/c7-5-1-3-6(8)4-2-5;7-6-4-2-1-3-5-6/h1-4,8H,7H2;1-5,7H. The Morgan fingerprint density at radius 1 is 0.867 bits per heavy atom. The van der Waals surface area contributed by atoms with E-state index in [1.165, 1.54) is 0 Å². The summed E-state index contributed by atoms with van der Waals surface area (Å²) in [7, 11) is 0. The predicted octanol–water partition coefficient (Wildman–Crippen LogP) is 2.95. The zero-order valence-corrected chi connectivity index (χ0v) is 9.06. The van der Waals surface area contributed by atoms with Gasteiger partial charge in [-0.25, -0.2) is 0 Å². The first-order chi connectivity index (χ1) is 7.18. The van der Waals surface area contributed by atoms with Crippen molar-refractivity contribution in [1.29, 1.82) is 0 Å². The smallest absolute Gasteiger partial charge is 0.115 e. The summed E-state index contributed by atoms with van der Waals surface area (Å²) in [5.74, 6) is 0.249. The minimum absolute atomic E-state index is 0.249. The number of phenols is 1. The average molecular weight is 219 g/mol. The second-order valence-electron chi connectivity index (χ2n) is 2.93. The average Bonchev–Trinajstić information content (AvgIpc) is 2.25. The maximum Gasteiger partial charge on any atom is 0.115 e. The molecule has 2 aromatic carbocycles. The van der Waals surface area contributed by atoms with Gasteiger partial charge in [-0.05, 0) is 36.4 Å². The maximum absolute atomic E-state index is 8.70. The van der Waals surface area contributed by atoms with Crippen molar-refractivity contribution in [3.05, 3.63) is 54.6 Å². The molecule has 0 spiro atoms. The number of nitrogens with two attached hydrogens (primary N) is 1. The van der Waals surface area contributed by atoms with Crippen molar-refractivity contribution in [3.63, 3.8) is 0 Å². The molecule has 2 nitrogen and oxygen atoms in total. The Balaban J connectivity index is 0.000000151. The number of rotatable bonds is 0. The summed E-state index contributed by atoms with van der Waals surface area (Å²) in [6.07, 6.45) is 0. The van der Waals surface area contributed by atoms with Crippen LogP contribution in [0.3, 0.4) is 0 Å². The highest BCUT2D eigenvalue weighted by Crippen LogP contribution is 2.09. The Kier molecular flexibility index (Phi) is 4.57. The molecule has 0 unspecified atom stereocenters. The molecule has 0 aliphatic heterocycles.